The number of thioether (sulfide) groups is 1. The number of rotatable bonds is 0. The largest absolute Gasteiger partial charge is 0.324 e. The van der Waals surface area contributed by atoms with Crippen LogP contribution in [0.4, 0.5) is 4.39 Å². The number of benzene rings is 1. The van der Waals surface area contributed by atoms with E-state index in [-0.39, 0.29) is 11.9 Å². The lowest BCUT2D eigenvalue weighted by molar-refractivity contribution is 0.608. The standard InChI is InChI=1S/C11H14FNS/c1-7-4-11(13)10-5-9(12)3-2-8(10)6-14-7/h2-3,5,7,11H,4,6,13H2,1H3/t7?,11-/m0/s1. The predicted octanol–water partition coefficient (Wildman–Crippen LogP) is 2.85. The highest BCUT2D eigenvalue weighted by atomic mass is 32.2. The molecule has 0 bridgehead atoms. The number of hydrogen-bond donors (Lipinski definition) is 1. The molecule has 0 radical (unpaired) electrons. The molecule has 1 aliphatic rings. The molecule has 0 spiro atoms. The van der Waals surface area contributed by atoms with Gasteiger partial charge in [-0.25, -0.2) is 4.39 Å². The average Bonchev–Trinajstić information content (AvgIpc) is 2.27. The number of hydrogen-bond acceptors (Lipinski definition) is 2. The van der Waals surface area contributed by atoms with E-state index in [9.17, 15) is 4.39 Å². The van der Waals surface area contributed by atoms with Crippen LogP contribution in [0.25, 0.3) is 0 Å². The Morgan fingerprint density at radius 2 is 2.29 bits per heavy atom. The topological polar surface area (TPSA) is 26.0 Å². The molecule has 76 valence electrons. The zero-order chi connectivity index (χ0) is 10.1. The summed E-state index contributed by atoms with van der Waals surface area (Å²) in [5.74, 6) is 0.767. The molecule has 1 nitrogen and oxygen atoms in total. The van der Waals surface area contributed by atoms with E-state index in [4.69, 9.17) is 5.73 Å². The van der Waals surface area contributed by atoms with Crippen molar-refractivity contribution in [3.63, 3.8) is 0 Å². The van der Waals surface area contributed by atoms with Gasteiger partial charge in [-0.1, -0.05) is 13.0 Å². The van der Waals surface area contributed by atoms with Gasteiger partial charge in [0.1, 0.15) is 5.82 Å². The summed E-state index contributed by atoms with van der Waals surface area (Å²) < 4.78 is 13.0. The minimum Gasteiger partial charge on any atom is -0.324 e. The maximum atomic E-state index is 13.0. The molecule has 1 unspecified atom stereocenters. The van der Waals surface area contributed by atoms with E-state index in [1.165, 1.54) is 11.6 Å². The Morgan fingerprint density at radius 3 is 3.07 bits per heavy atom. The summed E-state index contributed by atoms with van der Waals surface area (Å²) in [6, 6.07) is 4.95. The first-order chi connectivity index (χ1) is 6.66. The van der Waals surface area contributed by atoms with E-state index < -0.39 is 0 Å². The van der Waals surface area contributed by atoms with Crippen molar-refractivity contribution in [2.45, 2.75) is 30.4 Å². The first kappa shape index (κ1) is 9.99. The Labute approximate surface area is 87.9 Å². The first-order valence-electron chi connectivity index (χ1n) is 4.82. The van der Waals surface area contributed by atoms with Gasteiger partial charge < -0.3 is 5.73 Å². The molecule has 1 aromatic rings. The SMILES string of the molecule is CC1C[C@H](N)c2cc(F)ccc2CS1. The summed E-state index contributed by atoms with van der Waals surface area (Å²) >= 11 is 1.89. The van der Waals surface area contributed by atoms with Crippen LogP contribution in [0.3, 0.4) is 0 Å². The van der Waals surface area contributed by atoms with Crippen LogP contribution in [0, 0.1) is 5.82 Å². The van der Waals surface area contributed by atoms with Gasteiger partial charge in [-0.3, -0.25) is 0 Å². The third-order valence-electron chi connectivity index (χ3n) is 2.62. The summed E-state index contributed by atoms with van der Waals surface area (Å²) in [5.41, 5.74) is 8.20. The van der Waals surface area contributed by atoms with Gasteiger partial charge in [0.05, 0.1) is 0 Å². The maximum absolute atomic E-state index is 13.0. The fourth-order valence-electron chi connectivity index (χ4n) is 1.83. The van der Waals surface area contributed by atoms with E-state index in [0.29, 0.717) is 5.25 Å². The minimum atomic E-state index is -0.182. The quantitative estimate of drug-likeness (QED) is 0.714. The molecular weight excluding hydrogens is 197 g/mol. The second-order valence-corrected chi connectivity index (χ2v) is 5.23. The lowest BCUT2D eigenvalue weighted by Crippen LogP contribution is -2.14. The first-order valence-corrected chi connectivity index (χ1v) is 5.87. The third-order valence-corrected chi connectivity index (χ3v) is 3.86. The molecule has 1 aromatic carbocycles. The molecule has 14 heavy (non-hydrogen) atoms. The monoisotopic (exact) mass is 211 g/mol. The number of halogens is 1. The number of nitrogens with two attached hydrogens (primary N) is 1. The lowest BCUT2D eigenvalue weighted by Gasteiger charge is -2.13. The van der Waals surface area contributed by atoms with E-state index >= 15 is 0 Å². The van der Waals surface area contributed by atoms with Crippen molar-refractivity contribution in [1.29, 1.82) is 0 Å². The average molecular weight is 211 g/mol. The van der Waals surface area contributed by atoms with Crippen LogP contribution in [-0.4, -0.2) is 5.25 Å². The zero-order valence-corrected chi connectivity index (χ0v) is 8.98. The summed E-state index contributed by atoms with van der Waals surface area (Å²) in [5, 5.41) is 0.556. The number of fused-ring (bicyclic) bond motifs is 1. The van der Waals surface area contributed by atoms with Gasteiger partial charge in [0.2, 0.25) is 0 Å². The van der Waals surface area contributed by atoms with Gasteiger partial charge in [-0.05, 0) is 29.7 Å². The van der Waals surface area contributed by atoms with E-state index in [2.05, 4.69) is 6.92 Å². The second-order valence-electron chi connectivity index (χ2n) is 3.81. The van der Waals surface area contributed by atoms with Crippen molar-refractivity contribution >= 4 is 11.8 Å². The molecular formula is C11H14FNS. The molecule has 0 amide bonds. The van der Waals surface area contributed by atoms with Crippen molar-refractivity contribution in [3.8, 4) is 0 Å². The van der Waals surface area contributed by atoms with Gasteiger partial charge in [-0.2, -0.15) is 11.8 Å². The van der Waals surface area contributed by atoms with Gasteiger partial charge in [0.25, 0.3) is 0 Å². The minimum absolute atomic E-state index is 0.00861. The molecule has 0 saturated carbocycles. The van der Waals surface area contributed by atoms with Crippen LogP contribution in [0.1, 0.15) is 30.5 Å². The zero-order valence-electron chi connectivity index (χ0n) is 8.16. The summed E-state index contributed by atoms with van der Waals surface area (Å²) in [6.07, 6.45) is 0.932. The van der Waals surface area contributed by atoms with Gasteiger partial charge in [0.15, 0.2) is 0 Å². The van der Waals surface area contributed by atoms with Gasteiger partial charge in [-0.15, -0.1) is 0 Å². The maximum Gasteiger partial charge on any atom is 0.123 e. The Kier molecular flexibility index (Phi) is 2.79. The molecule has 2 N–H and O–H groups in total. The van der Waals surface area contributed by atoms with Gasteiger partial charge >= 0.3 is 0 Å². The lowest BCUT2D eigenvalue weighted by atomic mass is 9.98. The highest BCUT2D eigenvalue weighted by Crippen LogP contribution is 2.33. The van der Waals surface area contributed by atoms with Crippen molar-refractivity contribution in [2.75, 3.05) is 0 Å². The Bertz CT molecular complexity index is 340. The fourth-order valence-corrected chi connectivity index (χ4v) is 2.90. The van der Waals surface area contributed by atoms with Crippen LogP contribution in [-0.2, 0) is 5.75 Å². The molecule has 1 aliphatic heterocycles. The predicted molar refractivity (Wildman–Crippen MR) is 58.7 cm³/mol. The van der Waals surface area contributed by atoms with Crippen molar-refractivity contribution in [3.05, 3.63) is 35.1 Å². The summed E-state index contributed by atoms with van der Waals surface area (Å²) in [4.78, 5) is 0. The van der Waals surface area contributed by atoms with Crippen LogP contribution in [0.15, 0.2) is 18.2 Å². The summed E-state index contributed by atoms with van der Waals surface area (Å²) in [7, 11) is 0. The molecule has 3 heteroatoms. The highest BCUT2D eigenvalue weighted by Gasteiger charge is 2.19. The highest BCUT2D eigenvalue weighted by molar-refractivity contribution is 7.99. The molecule has 1 heterocycles. The molecule has 0 saturated heterocycles. The Hall–Kier alpha value is -0.540. The van der Waals surface area contributed by atoms with E-state index in [1.54, 1.807) is 6.07 Å². The molecule has 0 aromatic heterocycles. The fraction of sp³-hybridized carbons (Fsp3) is 0.455. The van der Waals surface area contributed by atoms with Crippen molar-refractivity contribution in [1.82, 2.24) is 0 Å². The van der Waals surface area contributed by atoms with Crippen molar-refractivity contribution < 1.29 is 4.39 Å². The van der Waals surface area contributed by atoms with E-state index in [0.717, 1.165) is 17.7 Å². The smallest absolute Gasteiger partial charge is 0.123 e. The molecule has 0 fully saturated rings. The normalized spacial score (nSPS) is 26.8. The third kappa shape index (κ3) is 1.93. The second kappa shape index (κ2) is 3.91. The van der Waals surface area contributed by atoms with Crippen LogP contribution >= 0.6 is 11.8 Å². The van der Waals surface area contributed by atoms with E-state index in [1.807, 2.05) is 17.8 Å². The molecule has 2 atom stereocenters. The van der Waals surface area contributed by atoms with Crippen LogP contribution in [0.5, 0.6) is 0 Å². The van der Waals surface area contributed by atoms with Gasteiger partial charge in [0, 0.05) is 17.0 Å². The molecule has 0 aliphatic carbocycles. The Balaban J connectivity index is 2.39. The summed E-state index contributed by atoms with van der Waals surface area (Å²) in [6.45, 7) is 2.17. The van der Waals surface area contributed by atoms with Crippen LogP contribution < -0.4 is 5.73 Å². The molecule has 2 rings (SSSR count). The van der Waals surface area contributed by atoms with Crippen LogP contribution in [0.2, 0.25) is 0 Å². The van der Waals surface area contributed by atoms with Crippen molar-refractivity contribution in [2.24, 2.45) is 5.73 Å². The Morgan fingerprint density at radius 1 is 1.50 bits per heavy atom.